The number of hydrazine groups is 1. The number of primary amides is 1. The molecule has 20 heavy (non-hydrogen) atoms. The Morgan fingerprint density at radius 3 is 2.70 bits per heavy atom. The maximum Gasteiger partial charge on any atom is 0.265 e. The van der Waals surface area contributed by atoms with E-state index < -0.39 is 0 Å². The van der Waals surface area contributed by atoms with Gasteiger partial charge in [0.1, 0.15) is 0 Å². The van der Waals surface area contributed by atoms with Crippen LogP contribution < -0.4 is 17.0 Å². The first-order valence-corrected chi connectivity index (χ1v) is 6.67. The number of nitrogen functional groups attached to an aromatic ring is 1. The van der Waals surface area contributed by atoms with Gasteiger partial charge < -0.3 is 5.73 Å². The zero-order chi connectivity index (χ0) is 15.0. The van der Waals surface area contributed by atoms with Crippen molar-refractivity contribution in [2.75, 3.05) is 13.1 Å². The quantitative estimate of drug-likeness (QED) is 0.363. The molecule has 6 heteroatoms. The molecule has 6 nitrogen and oxygen atoms in total. The molecule has 0 radical (unpaired) electrons. The number of carbonyl (C=O) groups excluding carboxylic acids is 2. The summed E-state index contributed by atoms with van der Waals surface area (Å²) in [5.41, 5.74) is 8.81. The van der Waals surface area contributed by atoms with Gasteiger partial charge in [-0.3, -0.25) is 19.9 Å². The van der Waals surface area contributed by atoms with Gasteiger partial charge in [-0.15, -0.1) is 0 Å². The van der Waals surface area contributed by atoms with E-state index in [0.717, 1.165) is 24.9 Å². The fourth-order valence-electron chi connectivity index (χ4n) is 1.97. The molecular formula is C14H22N4O2. The van der Waals surface area contributed by atoms with E-state index in [-0.39, 0.29) is 18.4 Å². The molecule has 0 aromatic heterocycles. The summed E-state index contributed by atoms with van der Waals surface area (Å²) in [6.45, 7) is 3.68. The van der Waals surface area contributed by atoms with Crippen molar-refractivity contribution in [3.8, 4) is 0 Å². The van der Waals surface area contributed by atoms with Crippen LogP contribution in [0.4, 0.5) is 0 Å². The highest BCUT2D eigenvalue weighted by atomic mass is 16.2. The normalized spacial score (nSPS) is 10.6. The molecular weight excluding hydrogens is 256 g/mol. The second-order valence-corrected chi connectivity index (χ2v) is 4.70. The zero-order valence-corrected chi connectivity index (χ0v) is 11.8. The van der Waals surface area contributed by atoms with E-state index in [1.807, 2.05) is 11.0 Å². The minimum absolute atomic E-state index is 0.216. The van der Waals surface area contributed by atoms with Gasteiger partial charge in [0.25, 0.3) is 5.91 Å². The Labute approximate surface area is 119 Å². The summed E-state index contributed by atoms with van der Waals surface area (Å²) >= 11 is 0. The van der Waals surface area contributed by atoms with Crippen LogP contribution >= 0.6 is 0 Å². The number of amides is 2. The lowest BCUT2D eigenvalue weighted by molar-refractivity contribution is -0.119. The molecule has 0 atom stereocenters. The molecule has 0 saturated carbocycles. The smallest absolute Gasteiger partial charge is 0.265 e. The molecule has 0 aliphatic carbocycles. The van der Waals surface area contributed by atoms with Crippen molar-refractivity contribution in [1.82, 2.24) is 10.3 Å². The van der Waals surface area contributed by atoms with Crippen LogP contribution in [0.15, 0.2) is 24.3 Å². The summed E-state index contributed by atoms with van der Waals surface area (Å²) in [4.78, 5) is 24.5. The second-order valence-electron chi connectivity index (χ2n) is 4.70. The number of rotatable bonds is 8. The van der Waals surface area contributed by atoms with Crippen molar-refractivity contribution in [1.29, 1.82) is 0 Å². The predicted octanol–water partition coefficient (Wildman–Crippen LogP) is 0.378. The Hall–Kier alpha value is -1.92. The highest BCUT2D eigenvalue weighted by Gasteiger charge is 2.10. The molecule has 1 rings (SSSR count). The Morgan fingerprint density at radius 2 is 2.10 bits per heavy atom. The molecule has 0 spiro atoms. The molecule has 0 aliphatic rings. The zero-order valence-electron chi connectivity index (χ0n) is 11.8. The molecule has 0 unspecified atom stereocenters. The monoisotopic (exact) mass is 278 g/mol. The Morgan fingerprint density at radius 1 is 1.35 bits per heavy atom. The molecule has 0 aliphatic heterocycles. The minimum atomic E-state index is -0.350. The van der Waals surface area contributed by atoms with Gasteiger partial charge in [0.05, 0.1) is 6.54 Å². The van der Waals surface area contributed by atoms with Crippen LogP contribution in [0.3, 0.4) is 0 Å². The minimum Gasteiger partial charge on any atom is -0.369 e. The molecule has 1 aromatic carbocycles. The van der Waals surface area contributed by atoms with E-state index in [1.165, 1.54) is 0 Å². The number of hydrogen-bond acceptors (Lipinski definition) is 4. The molecule has 0 heterocycles. The number of unbranched alkanes of at least 4 members (excludes halogenated alkanes) is 1. The van der Waals surface area contributed by atoms with Crippen LogP contribution in [0.1, 0.15) is 35.7 Å². The molecule has 0 bridgehead atoms. The van der Waals surface area contributed by atoms with Gasteiger partial charge in [-0.2, -0.15) is 0 Å². The van der Waals surface area contributed by atoms with Crippen LogP contribution in [0.2, 0.25) is 0 Å². The lowest BCUT2D eigenvalue weighted by Crippen LogP contribution is -2.34. The molecule has 2 amide bonds. The van der Waals surface area contributed by atoms with Crippen LogP contribution in [-0.4, -0.2) is 29.8 Å². The second kappa shape index (κ2) is 8.29. The number of nitrogens with one attached hydrogen (secondary N) is 1. The van der Waals surface area contributed by atoms with E-state index in [9.17, 15) is 9.59 Å². The van der Waals surface area contributed by atoms with Gasteiger partial charge in [-0.1, -0.05) is 25.5 Å². The van der Waals surface area contributed by atoms with E-state index >= 15 is 0 Å². The summed E-state index contributed by atoms with van der Waals surface area (Å²) in [7, 11) is 0. The van der Waals surface area contributed by atoms with Crippen LogP contribution in [0.25, 0.3) is 0 Å². The third kappa shape index (κ3) is 5.38. The highest BCUT2D eigenvalue weighted by molar-refractivity contribution is 5.93. The summed E-state index contributed by atoms with van der Waals surface area (Å²) in [5.74, 6) is 4.43. The summed E-state index contributed by atoms with van der Waals surface area (Å²) in [6.07, 6.45) is 2.04. The summed E-state index contributed by atoms with van der Waals surface area (Å²) in [6, 6.07) is 7.16. The van der Waals surface area contributed by atoms with Crippen molar-refractivity contribution in [3.63, 3.8) is 0 Å². The molecule has 5 N–H and O–H groups in total. The van der Waals surface area contributed by atoms with Gasteiger partial charge >= 0.3 is 0 Å². The third-order valence-corrected chi connectivity index (χ3v) is 2.93. The van der Waals surface area contributed by atoms with Crippen molar-refractivity contribution >= 4 is 11.8 Å². The van der Waals surface area contributed by atoms with E-state index in [2.05, 4.69) is 12.3 Å². The number of carbonyl (C=O) groups is 2. The van der Waals surface area contributed by atoms with E-state index in [0.29, 0.717) is 12.1 Å². The largest absolute Gasteiger partial charge is 0.369 e. The van der Waals surface area contributed by atoms with Gasteiger partial charge in [-0.05, 0) is 30.7 Å². The Balaban J connectivity index is 2.76. The fourth-order valence-corrected chi connectivity index (χ4v) is 1.97. The topological polar surface area (TPSA) is 101 Å². The highest BCUT2D eigenvalue weighted by Crippen LogP contribution is 2.09. The van der Waals surface area contributed by atoms with E-state index in [1.54, 1.807) is 18.2 Å². The average Bonchev–Trinajstić information content (AvgIpc) is 2.43. The first kappa shape index (κ1) is 16.1. The number of nitrogens with two attached hydrogens (primary N) is 2. The Kier molecular flexibility index (Phi) is 6.69. The average molecular weight is 278 g/mol. The van der Waals surface area contributed by atoms with Gasteiger partial charge in [0, 0.05) is 12.1 Å². The fraction of sp³-hybridized carbons (Fsp3) is 0.429. The molecule has 110 valence electrons. The number of nitrogens with zero attached hydrogens (tertiary/aromatic N) is 1. The standard InChI is InChI=1S/C14H22N4O2/c1-2-3-7-18(10-13(15)19)9-11-5-4-6-12(8-11)14(20)17-16/h4-6,8H,2-3,7,9-10,16H2,1H3,(H2,15,19)(H,17,20). The van der Waals surface area contributed by atoms with Gasteiger partial charge in [0.2, 0.25) is 5.91 Å². The van der Waals surface area contributed by atoms with Crippen molar-refractivity contribution < 1.29 is 9.59 Å². The van der Waals surface area contributed by atoms with Crippen LogP contribution in [-0.2, 0) is 11.3 Å². The van der Waals surface area contributed by atoms with E-state index in [4.69, 9.17) is 11.6 Å². The first-order chi connectivity index (χ1) is 9.56. The van der Waals surface area contributed by atoms with Crippen LogP contribution in [0.5, 0.6) is 0 Å². The van der Waals surface area contributed by atoms with Gasteiger partial charge in [-0.25, -0.2) is 5.84 Å². The maximum absolute atomic E-state index is 11.5. The number of benzene rings is 1. The third-order valence-electron chi connectivity index (χ3n) is 2.93. The van der Waals surface area contributed by atoms with Crippen molar-refractivity contribution in [2.24, 2.45) is 11.6 Å². The molecule has 0 fully saturated rings. The molecule has 0 saturated heterocycles. The lowest BCUT2D eigenvalue weighted by Gasteiger charge is -2.20. The Bertz CT molecular complexity index is 462. The summed E-state index contributed by atoms with van der Waals surface area (Å²) in [5, 5.41) is 0. The predicted molar refractivity (Wildman–Crippen MR) is 77.5 cm³/mol. The van der Waals surface area contributed by atoms with Crippen molar-refractivity contribution in [3.05, 3.63) is 35.4 Å². The maximum atomic E-state index is 11.5. The molecule has 1 aromatic rings. The van der Waals surface area contributed by atoms with Crippen molar-refractivity contribution in [2.45, 2.75) is 26.3 Å². The first-order valence-electron chi connectivity index (χ1n) is 6.67. The lowest BCUT2D eigenvalue weighted by atomic mass is 10.1. The number of hydrogen-bond donors (Lipinski definition) is 3. The van der Waals surface area contributed by atoms with Gasteiger partial charge in [0.15, 0.2) is 0 Å². The van der Waals surface area contributed by atoms with Crippen LogP contribution in [0, 0.1) is 0 Å². The SMILES string of the molecule is CCCCN(CC(N)=O)Cc1cccc(C(=O)NN)c1. The summed E-state index contributed by atoms with van der Waals surface area (Å²) < 4.78 is 0.